The molecular weight excluding hydrogens is 376 g/mol. The van der Waals surface area contributed by atoms with Gasteiger partial charge < -0.3 is 0 Å². The van der Waals surface area contributed by atoms with E-state index >= 15 is 0 Å². The molecule has 31 heavy (non-hydrogen) atoms. The molecule has 6 aromatic rings. The third-order valence-corrected chi connectivity index (χ3v) is 6.58. The Morgan fingerprint density at radius 1 is 0.677 bits per heavy atom. The van der Waals surface area contributed by atoms with Crippen molar-refractivity contribution in [2.75, 3.05) is 0 Å². The number of hydrogen-bond acceptors (Lipinski definition) is 1. The zero-order valence-corrected chi connectivity index (χ0v) is 17.9. The van der Waals surface area contributed by atoms with Gasteiger partial charge in [-0.15, -0.1) is 0 Å². The fraction of sp³-hybridized carbons (Fsp3) is 0.138. The van der Waals surface area contributed by atoms with E-state index in [0.29, 0.717) is 0 Å². The van der Waals surface area contributed by atoms with E-state index in [1.807, 2.05) is 0 Å². The van der Waals surface area contributed by atoms with Gasteiger partial charge >= 0.3 is 0 Å². The smallest absolute Gasteiger partial charge is 0.145 e. The molecule has 2 nitrogen and oxygen atoms in total. The van der Waals surface area contributed by atoms with E-state index in [0.717, 1.165) is 18.5 Å². The number of imidazole rings is 1. The molecule has 0 fully saturated rings. The number of aryl methyl sites for hydroxylation is 2. The van der Waals surface area contributed by atoms with E-state index < -0.39 is 0 Å². The van der Waals surface area contributed by atoms with Crippen LogP contribution in [0.1, 0.15) is 25.0 Å². The lowest BCUT2D eigenvalue weighted by atomic mass is 9.95. The summed E-state index contributed by atoms with van der Waals surface area (Å²) in [7, 11) is 0. The number of benzene rings is 4. The summed E-state index contributed by atoms with van der Waals surface area (Å²) in [4.78, 5) is 4.97. The predicted octanol–water partition coefficient (Wildman–Crippen LogP) is 7.59. The third-order valence-electron chi connectivity index (χ3n) is 6.58. The minimum absolute atomic E-state index is 1.00. The first-order valence-electron chi connectivity index (χ1n) is 11.1. The topological polar surface area (TPSA) is 17.3 Å². The van der Waals surface area contributed by atoms with E-state index in [1.165, 1.54) is 54.8 Å². The van der Waals surface area contributed by atoms with Crippen LogP contribution < -0.4 is 0 Å². The van der Waals surface area contributed by atoms with Gasteiger partial charge in [-0.05, 0) is 52.3 Å². The second-order valence-electron chi connectivity index (χ2n) is 8.22. The summed E-state index contributed by atoms with van der Waals surface area (Å²) < 4.78 is 2.39. The predicted molar refractivity (Wildman–Crippen MR) is 132 cm³/mol. The Labute approximate surface area is 181 Å². The molecule has 0 saturated heterocycles. The van der Waals surface area contributed by atoms with E-state index in [4.69, 9.17) is 4.98 Å². The van der Waals surface area contributed by atoms with E-state index in [-0.39, 0.29) is 0 Å². The van der Waals surface area contributed by atoms with Gasteiger partial charge in [0.2, 0.25) is 0 Å². The van der Waals surface area contributed by atoms with Gasteiger partial charge in [-0.2, -0.15) is 0 Å². The van der Waals surface area contributed by atoms with Gasteiger partial charge in [0.1, 0.15) is 5.65 Å². The Morgan fingerprint density at radius 2 is 1.32 bits per heavy atom. The lowest BCUT2D eigenvalue weighted by Crippen LogP contribution is -1.99. The van der Waals surface area contributed by atoms with Gasteiger partial charge in [-0.25, -0.2) is 4.98 Å². The second-order valence-corrected chi connectivity index (χ2v) is 8.22. The summed E-state index contributed by atoms with van der Waals surface area (Å²) in [5, 5.41) is 6.25. The molecule has 0 saturated carbocycles. The normalized spacial score (nSPS) is 11.8. The van der Waals surface area contributed by atoms with E-state index in [2.05, 4.69) is 103 Å². The lowest BCUT2D eigenvalue weighted by molar-refractivity contribution is 1.08. The van der Waals surface area contributed by atoms with Gasteiger partial charge in [0.15, 0.2) is 0 Å². The number of pyridine rings is 1. The van der Waals surface area contributed by atoms with E-state index in [1.54, 1.807) is 0 Å². The largest absolute Gasteiger partial charge is 0.292 e. The van der Waals surface area contributed by atoms with Crippen molar-refractivity contribution in [2.45, 2.75) is 26.7 Å². The van der Waals surface area contributed by atoms with Gasteiger partial charge in [0, 0.05) is 16.3 Å². The molecule has 0 N–H and O–H groups in total. The van der Waals surface area contributed by atoms with Crippen LogP contribution in [-0.4, -0.2) is 9.38 Å². The van der Waals surface area contributed by atoms with Gasteiger partial charge in [-0.1, -0.05) is 80.6 Å². The zero-order valence-electron chi connectivity index (χ0n) is 17.9. The molecule has 0 spiro atoms. The molecule has 2 heterocycles. The number of aromatic nitrogens is 2. The highest BCUT2D eigenvalue weighted by Crippen LogP contribution is 2.37. The molecule has 0 unspecified atom stereocenters. The van der Waals surface area contributed by atoms with Crippen LogP contribution in [0.5, 0.6) is 0 Å². The van der Waals surface area contributed by atoms with Crippen molar-refractivity contribution in [3.8, 4) is 11.3 Å². The van der Waals surface area contributed by atoms with Crippen LogP contribution in [0, 0.1) is 0 Å². The summed E-state index contributed by atoms with van der Waals surface area (Å²) in [5.41, 5.74) is 7.53. The lowest BCUT2D eigenvalue weighted by Gasteiger charge is -2.16. The van der Waals surface area contributed by atoms with Crippen LogP contribution in [0.25, 0.3) is 49.4 Å². The van der Waals surface area contributed by atoms with Crippen molar-refractivity contribution in [3.63, 3.8) is 0 Å². The molecule has 6 rings (SSSR count). The maximum atomic E-state index is 4.97. The molecule has 2 aromatic heterocycles. The number of fused-ring (bicyclic) bond motifs is 7. The van der Waals surface area contributed by atoms with Gasteiger partial charge in [-0.3, -0.25) is 4.40 Å². The first-order valence-corrected chi connectivity index (χ1v) is 11.1. The van der Waals surface area contributed by atoms with Crippen molar-refractivity contribution in [3.05, 3.63) is 96.2 Å². The highest BCUT2D eigenvalue weighted by Gasteiger charge is 2.18. The number of rotatable bonds is 3. The molecule has 0 bridgehead atoms. The average molecular weight is 401 g/mol. The van der Waals surface area contributed by atoms with Crippen LogP contribution in [0.15, 0.2) is 85.1 Å². The highest BCUT2D eigenvalue weighted by molar-refractivity contribution is 6.15. The van der Waals surface area contributed by atoms with Crippen molar-refractivity contribution >= 4 is 38.1 Å². The van der Waals surface area contributed by atoms with Crippen LogP contribution in [0.4, 0.5) is 0 Å². The monoisotopic (exact) mass is 400 g/mol. The van der Waals surface area contributed by atoms with Crippen molar-refractivity contribution in [1.29, 1.82) is 0 Å². The van der Waals surface area contributed by atoms with Crippen molar-refractivity contribution in [2.24, 2.45) is 0 Å². The molecule has 0 aliphatic carbocycles. The standard InChI is InChI=1S/C29H24N2/c1-3-19-12-9-13-20(4-2)28(19)27-18-30-29-24-15-8-7-14-23(24)25-16-21-10-5-6-11-22(21)17-26(25)31(27)29/h5-18H,3-4H2,1-2H3. The third kappa shape index (κ3) is 2.61. The Hall–Kier alpha value is -3.65. The van der Waals surface area contributed by atoms with Crippen LogP contribution >= 0.6 is 0 Å². The Balaban J connectivity index is 1.86. The first-order chi connectivity index (χ1) is 15.3. The number of hydrogen-bond donors (Lipinski definition) is 0. The van der Waals surface area contributed by atoms with Crippen LogP contribution in [-0.2, 0) is 12.8 Å². The Morgan fingerprint density at radius 3 is 2.03 bits per heavy atom. The SMILES string of the molecule is CCc1cccc(CC)c1-c1cnc2c3ccccc3c3cc4ccccc4cc3n12. The summed E-state index contributed by atoms with van der Waals surface area (Å²) in [6, 6.07) is 28.6. The zero-order chi connectivity index (χ0) is 20.9. The Bertz CT molecular complexity index is 1580. The van der Waals surface area contributed by atoms with Crippen molar-refractivity contribution < 1.29 is 0 Å². The summed E-state index contributed by atoms with van der Waals surface area (Å²) in [5.74, 6) is 0. The fourth-order valence-electron chi connectivity index (χ4n) is 5.08. The maximum absolute atomic E-state index is 4.97. The van der Waals surface area contributed by atoms with Crippen LogP contribution in [0.3, 0.4) is 0 Å². The molecule has 2 heteroatoms. The molecule has 150 valence electrons. The second kappa shape index (κ2) is 6.95. The number of nitrogens with zero attached hydrogens (tertiary/aromatic N) is 2. The first kappa shape index (κ1) is 18.1. The summed E-state index contributed by atoms with van der Waals surface area (Å²) in [6.07, 6.45) is 4.08. The van der Waals surface area contributed by atoms with E-state index in [9.17, 15) is 0 Å². The fourth-order valence-corrected chi connectivity index (χ4v) is 5.08. The maximum Gasteiger partial charge on any atom is 0.145 e. The van der Waals surface area contributed by atoms with Gasteiger partial charge in [0.25, 0.3) is 0 Å². The minimum Gasteiger partial charge on any atom is -0.292 e. The summed E-state index contributed by atoms with van der Waals surface area (Å²) in [6.45, 7) is 4.48. The summed E-state index contributed by atoms with van der Waals surface area (Å²) >= 11 is 0. The van der Waals surface area contributed by atoms with Gasteiger partial charge in [0.05, 0.1) is 17.4 Å². The van der Waals surface area contributed by atoms with Crippen molar-refractivity contribution in [1.82, 2.24) is 9.38 Å². The Kier molecular flexibility index (Phi) is 4.07. The van der Waals surface area contributed by atoms with Crippen LogP contribution in [0.2, 0.25) is 0 Å². The molecule has 0 amide bonds. The molecular formula is C29H24N2. The molecule has 0 aliphatic rings. The molecule has 0 aliphatic heterocycles. The quantitative estimate of drug-likeness (QED) is 0.221. The molecule has 4 aromatic carbocycles. The molecule has 0 radical (unpaired) electrons. The molecule has 0 atom stereocenters. The highest BCUT2D eigenvalue weighted by atomic mass is 15.0. The minimum atomic E-state index is 1.00. The average Bonchev–Trinajstić information content (AvgIpc) is 3.27.